The quantitative estimate of drug-likeness (QED) is 0.809. The molecule has 18 heavy (non-hydrogen) atoms. The van der Waals surface area contributed by atoms with Crippen molar-refractivity contribution in [1.29, 1.82) is 0 Å². The lowest BCUT2D eigenvalue weighted by Gasteiger charge is -2.11. The highest BCUT2D eigenvalue weighted by molar-refractivity contribution is 6.20. The van der Waals surface area contributed by atoms with Gasteiger partial charge in [-0.2, -0.15) is 0 Å². The van der Waals surface area contributed by atoms with Crippen LogP contribution < -0.4 is 14.8 Å². The lowest BCUT2D eigenvalue weighted by Crippen LogP contribution is -2.29. The third-order valence-corrected chi connectivity index (χ3v) is 3.04. The summed E-state index contributed by atoms with van der Waals surface area (Å²) in [5.41, 5.74) is 0.521. The molecule has 0 saturated carbocycles. The van der Waals surface area contributed by atoms with Crippen LogP contribution in [0.2, 0.25) is 0 Å². The van der Waals surface area contributed by atoms with Gasteiger partial charge in [-0.25, -0.2) is 0 Å². The van der Waals surface area contributed by atoms with E-state index in [1.54, 1.807) is 25.3 Å². The molecule has 0 bridgehead atoms. The van der Waals surface area contributed by atoms with Gasteiger partial charge in [0.05, 0.1) is 19.6 Å². The number of carbonyl (C=O) groups excluding carboxylic acids is 1. The number of hydrogen-bond donors (Lipinski definition) is 1. The maximum Gasteiger partial charge on any atom is 0.251 e. The molecule has 0 fully saturated rings. The van der Waals surface area contributed by atoms with Gasteiger partial charge in [0.25, 0.3) is 5.91 Å². The van der Waals surface area contributed by atoms with E-state index in [9.17, 15) is 4.79 Å². The van der Waals surface area contributed by atoms with Crippen molar-refractivity contribution in [3.05, 3.63) is 23.8 Å². The Morgan fingerprint density at radius 1 is 1.33 bits per heavy atom. The van der Waals surface area contributed by atoms with Crippen molar-refractivity contribution in [1.82, 2.24) is 5.32 Å². The fraction of sp³-hybridized carbons (Fsp3) is 0.462. The van der Waals surface area contributed by atoms with Crippen LogP contribution in [0.25, 0.3) is 0 Å². The summed E-state index contributed by atoms with van der Waals surface area (Å²) in [6.07, 6.45) is 0.813. The topological polar surface area (TPSA) is 47.6 Å². The summed E-state index contributed by atoms with van der Waals surface area (Å²) < 4.78 is 10.3. The summed E-state index contributed by atoms with van der Waals surface area (Å²) in [5, 5.41) is 2.72. The summed E-state index contributed by atoms with van der Waals surface area (Å²) in [6, 6.07) is 5.03. The lowest BCUT2D eigenvalue weighted by molar-refractivity contribution is 0.0953. The highest BCUT2D eigenvalue weighted by Crippen LogP contribution is 2.27. The first-order valence-corrected chi connectivity index (χ1v) is 6.20. The Bertz CT molecular complexity index is 409. The van der Waals surface area contributed by atoms with E-state index in [1.165, 1.54) is 7.11 Å². The molecule has 0 aliphatic heterocycles. The molecule has 5 heteroatoms. The zero-order valence-corrected chi connectivity index (χ0v) is 11.6. The number of carbonyl (C=O) groups is 1. The summed E-state index contributed by atoms with van der Waals surface area (Å²) in [6.45, 7) is 2.42. The second-order valence-corrected chi connectivity index (χ2v) is 4.40. The third kappa shape index (κ3) is 3.81. The van der Waals surface area contributed by atoms with Crippen LogP contribution in [0.3, 0.4) is 0 Å². The van der Waals surface area contributed by atoms with Gasteiger partial charge >= 0.3 is 0 Å². The van der Waals surface area contributed by atoms with E-state index in [0.717, 1.165) is 6.42 Å². The molecule has 100 valence electrons. The fourth-order valence-corrected chi connectivity index (χ4v) is 1.50. The average Bonchev–Trinajstić information content (AvgIpc) is 2.43. The van der Waals surface area contributed by atoms with E-state index in [0.29, 0.717) is 23.6 Å². The molecule has 1 N–H and O–H groups in total. The first-order chi connectivity index (χ1) is 8.62. The second-order valence-electron chi connectivity index (χ2n) is 3.79. The van der Waals surface area contributed by atoms with Crippen LogP contribution in [-0.2, 0) is 0 Å². The van der Waals surface area contributed by atoms with Crippen LogP contribution in [-0.4, -0.2) is 32.0 Å². The van der Waals surface area contributed by atoms with E-state index < -0.39 is 0 Å². The molecule has 0 heterocycles. The minimum absolute atomic E-state index is 0.0471. The highest BCUT2D eigenvalue weighted by Gasteiger charge is 2.11. The SMILES string of the molecule is CCC(Cl)CNC(=O)c1ccc(OC)c(OC)c1. The summed E-state index contributed by atoms with van der Waals surface area (Å²) in [7, 11) is 3.09. The van der Waals surface area contributed by atoms with Gasteiger partial charge in [-0.15, -0.1) is 11.6 Å². The largest absolute Gasteiger partial charge is 0.493 e. The van der Waals surface area contributed by atoms with Gasteiger partial charge in [-0.3, -0.25) is 4.79 Å². The van der Waals surface area contributed by atoms with E-state index in [2.05, 4.69) is 5.32 Å². The minimum atomic E-state index is -0.171. The number of halogens is 1. The molecule has 1 aromatic carbocycles. The van der Waals surface area contributed by atoms with E-state index >= 15 is 0 Å². The van der Waals surface area contributed by atoms with Gasteiger partial charge in [0.2, 0.25) is 0 Å². The Hall–Kier alpha value is -1.42. The number of rotatable bonds is 6. The third-order valence-electron chi connectivity index (χ3n) is 2.57. The molecule has 1 amide bonds. The van der Waals surface area contributed by atoms with Gasteiger partial charge in [-0.05, 0) is 24.6 Å². The van der Waals surface area contributed by atoms with Crippen molar-refractivity contribution >= 4 is 17.5 Å². The van der Waals surface area contributed by atoms with E-state index in [1.807, 2.05) is 6.92 Å². The van der Waals surface area contributed by atoms with Crippen molar-refractivity contribution in [2.24, 2.45) is 0 Å². The number of nitrogens with one attached hydrogen (secondary N) is 1. The number of ether oxygens (including phenoxy) is 2. The van der Waals surface area contributed by atoms with Crippen molar-refractivity contribution in [3.63, 3.8) is 0 Å². The molecule has 1 rings (SSSR count). The van der Waals surface area contributed by atoms with Crippen molar-refractivity contribution in [2.75, 3.05) is 20.8 Å². The molecule has 0 saturated heterocycles. The van der Waals surface area contributed by atoms with Crippen LogP contribution in [0.5, 0.6) is 11.5 Å². The fourth-order valence-electron chi connectivity index (χ4n) is 1.43. The van der Waals surface area contributed by atoms with E-state index in [4.69, 9.17) is 21.1 Å². The van der Waals surface area contributed by atoms with Crippen molar-refractivity contribution in [3.8, 4) is 11.5 Å². The van der Waals surface area contributed by atoms with E-state index in [-0.39, 0.29) is 11.3 Å². The van der Waals surface area contributed by atoms with Gasteiger partial charge in [0, 0.05) is 12.1 Å². The van der Waals surface area contributed by atoms with Crippen LogP contribution in [0.15, 0.2) is 18.2 Å². The molecule has 0 aromatic heterocycles. The van der Waals surface area contributed by atoms with Crippen molar-refractivity contribution < 1.29 is 14.3 Å². The predicted octanol–water partition coefficient (Wildman–Crippen LogP) is 2.45. The summed E-state index contributed by atoms with van der Waals surface area (Å²) >= 11 is 5.94. The number of benzene rings is 1. The molecule has 0 spiro atoms. The van der Waals surface area contributed by atoms with Gasteiger partial charge in [0.1, 0.15) is 0 Å². The molecular formula is C13H18ClNO3. The number of amides is 1. The molecule has 0 aliphatic carbocycles. The van der Waals surface area contributed by atoms with Gasteiger partial charge in [-0.1, -0.05) is 6.92 Å². The molecule has 1 atom stereocenters. The number of hydrogen-bond acceptors (Lipinski definition) is 3. The maximum absolute atomic E-state index is 11.9. The average molecular weight is 272 g/mol. The van der Waals surface area contributed by atoms with Crippen LogP contribution in [0.1, 0.15) is 23.7 Å². The smallest absolute Gasteiger partial charge is 0.251 e. The normalized spacial score (nSPS) is 11.8. The predicted molar refractivity (Wildman–Crippen MR) is 71.8 cm³/mol. The number of alkyl halides is 1. The molecular weight excluding hydrogens is 254 g/mol. The van der Waals surface area contributed by atoms with Crippen LogP contribution in [0.4, 0.5) is 0 Å². The zero-order valence-electron chi connectivity index (χ0n) is 10.8. The Morgan fingerprint density at radius 3 is 2.56 bits per heavy atom. The Labute approximate surface area is 112 Å². The Balaban J connectivity index is 2.74. The van der Waals surface area contributed by atoms with Gasteiger partial charge in [0.15, 0.2) is 11.5 Å². The summed E-state index contributed by atoms with van der Waals surface area (Å²) in [5.74, 6) is 0.955. The maximum atomic E-state index is 11.9. The van der Waals surface area contributed by atoms with Crippen LogP contribution in [0, 0.1) is 0 Å². The molecule has 4 nitrogen and oxygen atoms in total. The Morgan fingerprint density at radius 2 is 2.00 bits per heavy atom. The second kappa shape index (κ2) is 7.11. The van der Waals surface area contributed by atoms with Gasteiger partial charge < -0.3 is 14.8 Å². The Kier molecular flexibility index (Phi) is 5.78. The number of methoxy groups -OCH3 is 2. The molecule has 0 radical (unpaired) electrons. The van der Waals surface area contributed by atoms with Crippen LogP contribution >= 0.6 is 11.6 Å². The highest BCUT2D eigenvalue weighted by atomic mass is 35.5. The first-order valence-electron chi connectivity index (χ1n) is 5.76. The lowest BCUT2D eigenvalue weighted by atomic mass is 10.2. The monoisotopic (exact) mass is 271 g/mol. The summed E-state index contributed by atoms with van der Waals surface area (Å²) in [4.78, 5) is 11.9. The first kappa shape index (κ1) is 14.6. The minimum Gasteiger partial charge on any atom is -0.493 e. The molecule has 1 unspecified atom stereocenters. The molecule has 0 aliphatic rings. The standard InChI is InChI=1S/C13H18ClNO3/c1-4-10(14)8-15-13(16)9-5-6-11(17-2)12(7-9)18-3/h5-7,10H,4,8H2,1-3H3,(H,15,16). The van der Waals surface area contributed by atoms with Crippen molar-refractivity contribution in [2.45, 2.75) is 18.7 Å². The zero-order chi connectivity index (χ0) is 13.5. The molecule has 1 aromatic rings.